The van der Waals surface area contributed by atoms with Gasteiger partial charge in [-0.1, -0.05) is 24.3 Å². The molecule has 1 heterocycles. The van der Waals surface area contributed by atoms with E-state index in [-0.39, 0.29) is 11.6 Å². The van der Waals surface area contributed by atoms with Crippen LogP contribution >= 0.6 is 0 Å². The van der Waals surface area contributed by atoms with Crippen molar-refractivity contribution in [1.29, 1.82) is 0 Å². The molecule has 5 nitrogen and oxygen atoms in total. The van der Waals surface area contributed by atoms with Gasteiger partial charge in [-0.25, -0.2) is 9.78 Å². The summed E-state index contributed by atoms with van der Waals surface area (Å²) in [5.41, 5.74) is 0.228. The number of rotatable bonds is 5. The summed E-state index contributed by atoms with van der Waals surface area (Å²) in [5.74, 6) is -0.235. The molecule has 0 radical (unpaired) electrons. The predicted molar refractivity (Wildman–Crippen MR) is 80.3 cm³/mol. The van der Waals surface area contributed by atoms with E-state index in [1.165, 1.54) is 6.20 Å². The molecular formula is C15H19N3O2. The molecule has 0 aliphatic heterocycles. The van der Waals surface area contributed by atoms with Crippen LogP contribution in [0.1, 0.15) is 17.3 Å². The highest BCUT2D eigenvalue weighted by molar-refractivity contribution is 6.06. The summed E-state index contributed by atoms with van der Waals surface area (Å²) >= 11 is 0. The molecule has 1 unspecified atom stereocenters. The third kappa shape index (κ3) is 3.05. The SMILES string of the molecule is CC(CN(C)C)Nc1ncc(C(=O)O)c2ccccc12. The van der Waals surface area contributed by atoms with Crippen LogP contribution in [-0.4, -0.2) is 47.6 Å². The molecule has 20 heavy (non-hydrogen) atoms. The maximum absolute atomic E-state index is 11.2. The lowest BCUT2D eigenvalue weighted by Gasteiger charge is -2.20. The van der Waals surface area contributed by atoms with Crippen molar-refractivity contribution in [3.63, 3.8) is 0 Å². The highest BCUT2D eigenvalue weighted by Crippen LogP contribution is 2.24. The van der Waals surface area contributed by atoms with Crippen molar-refractivity contribution in [2.45, 2.75) is 13.0 Å². The summed E-state index contributed by atoms with van der Waals surface area (Å²) in [7, 11) is 4.02. The van der Waals surface area contributed by atoms with Gasteiger partial charge < -0.3 is 15.3 Å². The minimum Gasteiger partial charge on any atom is -0.478 e. The number of nitrogens with zero attached hydrogens (tertiary/aromatic N) is 2. The van der Waals surface area contributed by atoms with Crippen LogP contribution in [0, 0.1) is 0 Å². The molecule has 2 rings (SSSR count). The number of pyridine rings is 1. The number of anilines is 1. The third-order valence-electron chi connectivity index (χ3n) is 3.05. The maximum Gasteiger partial charge on any atom is 0.337 e. The summed E-state index contributed by atoms with van der Waals surface area (Å²) in [5, 5.41) is 14.1. The second-order valence-corrected chi connectivity index (χ2v) is 5.18. The van der Waals surface area contributed by atoms with Gasteiger partial charge in [0.15, 0.2) is 0 Å². The Morgan fingerprint density at radius 3 is 2.60 bits per heavy atom. The number of carbonyl (C=O) groups is 1. The Kier molecular flexibility index (Phi) is 4.20. The summed E-state index contributed by atoms with van der Waals surface area (Å²) < 4.78 is 0. The van der Waals surface area contributed by atoms with Crippen LogP contribution in [0.3, 0.4) is 0 Å². The van der Waals surface area contributed by atoms with Gasteiger partial charge in [0.05, 0.1) is 5.56 Å². The van der Waals surface area contributed by atoms with Gasteiger partial charge >= 0.3 is 5.97 Å². The Morgan fingerprint density at radius 2 is 2.00 bits per heavy atom. The van der Waals surface area contributed by atoms with Crippen LogP contribution < -0.4 is 5.32 Å². The standard InChI is InChI=1S/C15H19N3O2/c1-10(9-18(2)3)17-14-12-7-5-4-6-11(12)13(8-16-14)15(19)20/h4-8,10H,9H2,1-3H3,(H,16,17)(H,19,20). The molecule has 0 fully saturated rings. The quantitative estimate of drug-likeness (QED) is 0.875. The second-order valence-electron chi connectivity index (χ2n) is 5.18. The predicted octanol–water partition coefficient (Wildman–Crippen LogP) is 2.29. The van der Waals surface area contributed by atoms with E-state index in [4.69, 9.17) is 0 Å². The van der Waals surface area contributed by atoms with E-state index in [2.05, 4.69) is 22.1 Å². The largest absolute Gasteiger partial charge is 0.478 e. The lowest BCUT2D eigenvalue weighted by molar-refractivity contribution is 0.0698. The minimum atomic E-state index is -0.957. The van der Waals surface area contributed by atoms with Gasteiger partial charge in [-0.15, -0.1) is 0 Å². The highest BCUT2D eigenvalue weighted by Gasteiger charge is 2.13. The van der Waals surface area contributed by atoms with Gasteiger partial charge in [0, 0.05) is 29.6 Å². The van der Waals surface area contributed by atoms with E-state index >= 15 is 0 Å². The maximum atomic E-state index is 11.2. The normalized spacial score (nSPS) is 12.6. The van der Waals surface area contributed by atoms with Crippen LogP contribution in [0.5, 0.6) is 0 Å². The average Bonchev–Trinajstić information content (AvgIpc) is 2.37. The molecule has 0 aliphatic carbocycles. The minimum absolute atomic E-state index is 0.219. The molecule has 0 saturated heterocycles. The number of carboxylic acids is 1. The Bertz CT molecular complexity index is 626. The highest BCUT2D eigenvalue weighted by atomic mass is 16.4. The smallest absolute Gasteiger partial charge is 0.337 e. The molecule has 0 amide bonds. The summed E-state index contributed by atoms with van der Waals surface area (Å²) in [6, 6.07) is 7.64. The number of carboxylic acid groups (broad SMARTS) is 1. The van der Waals surface area contributed by atoms with Crippen molar-refractivity contribution in [1.82, 2.24) is 9.88 Å². The van der Waals surface area contributed by atoms with E-state index in [9.17, 15) is 9.90 Å². The van der Waals surface area contributed by atoms with Gasteiger partial charge in [-0.05, 0) is 21.0 Å². The Balaban J connectivity index is 2.40. The fourth-order valence-corrected chi connectivity index (χ4v) is 2.30. The third-order valence-corrected chi connectivity index (χ3v) is 3.05. The number of nitrogens with one attached hydrogen (secondary N) is 1. The Hall–Kier alpha value is -2.14. The number of hydrogen-bond acceptors (Lipinski definition) is 4. The van der Waals surface area contributed by atoms with Gasteiger partial charge in [-0.2, -0.15) is 0 Å². The zero-order valence-electron chi connectivity index (χ0n) is 11.9. The van der Waals surface area contributed by atoms with Crippen LogP contribution in [0.4, 0.5) is 5.82 Å². The van der Waals surface area contributed by atoms with E-state index in [0.29, 0.717) is 5.39 Å². The first-order valence-electron chi connectivity index (χ1n) is 6.51. The number of likely N-dealkylation sites (N-methyl/N-ethyl adjacent to an activating group) is 1. The van der Waals surface area contributed by atoms with Gasteiger partial charge in [0.25, 0.3) is 0 Å². The van der Waals surface area contributed by atoms with Crippen molar-refractivity contribution >= 4 is 22.6 Å². The summed E-state index contributed by atoms with van der Waals surface area (Å²) in [6.07, 6.45) is 1.41. The second kappa shape index (κ2) is 5.88. The first kappa shape index (κ1) is 14.3. The molecule has 2 N–H and O–H groups in total. The van der Waals surface area contributed by atoms with Crippen molar-refractivity contribution in [2.24, 2.45) is 0 Å². The molecule has 1 aromatic heterocycles. The van der Waals surface area contributed by atoms with Crippen LogP contribution in [0.25, 0.3) is 10.8 Å². The molecular weight excluding hydrogens is 254 g/mol. The molecule has 0 bridgehead atoms. The molecule has 0 saturated carbocycles. The zero-order valence-corrected chi connectivity index (χ0v) is 11.9. The molecule has 0 spiro atoms. The number of benzene rings is 1. The number of aromatic carboxylic acids is 1. The van der Waals surface area contributed by atoms with Gasteiger partial charge in [0.2, 0.25) is 0 Å². The van der Waals surface area contributed by atoms with Gasteiger partial charge in [0.1, 0.15) is 5.82 Å². The average molecular weight is 273 g/mol. The number of aromatic nitrogens is 1. The fourth-order valence-electron chi connectivity index (χ4n) is 2.30. The van der Waals surface area contributed by atoms with Crippen LogP contribution in [0.15, 0.2) is 30.5 Å². The summed E-state index contributed by atoms with van der Waals surface area (Å²) in [6.45, 7) is 2.94. The number of fused-ring (bicyclic) bond motifs is 1. The molecule has 1 aromatic carbocycles. The lowest BCUT2D eigenvalue weighted by atomic mass is 10.1. The Labute approximate surface area is 118 Å². The van der Waals surface area contributed by atoms with Crippen molar-refractivity contribution in [3.05, 3.63) is 36.0 Å². The van der Waals surface area contributed by atoms with Crippen molar-refractivity contribution < 1.29 is 9.90 Å². The summed E-state index contributed by atoms with van der Waals surface area (Å²) in [4.78, 5) is 17.6. The fraction of sp³-hybridized carbons (Fsp3) is 0.333. The van der Waals surface area contributed by atoms with Crippen LogP contribution in [-0.2, 0) is 0 Å². The molecule has 2 aromatic rings. The van der Waals surface area contributed by atoms with E-state index < -0.39 is 5.97 Å². The molecule has 106 valence electrons. The van der Waals surface area contributed by atoms with Crippen LogP contribution in [0.2, 0.25) is 0 Å². The Morgan fingerprint density at radius 1 is 1.35 bits per heavy atom. The lowest BCUT2D eigenvalue weighted by Crippen LogP contribution is -2.30. The number of hydrogen-bond donors (Lipinski definition) is 2. The topological polar surface area (TPSA) is 65.5 Å². The van der Waals surface area contributed by atoms with E-state index in [0.717, 1.165) is 17.7 Å². The first-order valence-corrected chi connectivity index (χ1v) is 6.51. The van der Waals surface area contributed by atoms with E-state index in [1.807, 2.05) is 38.4 Å². The van der Waals surface area contributed by atoms with Gasteiger partial charge in [-0.3, -0.25) is 0 Å². The molecule has 5 heteroatoms. The molecule has 1 atom stereocenters. The first-order chi connectivity index (χ1) is 9.49. The van der Waals surface area contributed by atoms with E-state index in [1.54, 1.807) is 0 Å². The zero-order chi connectivity index (χ0) is 14.7. The monoisotopic (exact) mass is 273 g/mol. The van der Waals surface area contributed by atoms with Crippen molar-refractivity contribution in [3.8, 4) is 0 Å². The molecule has 0 aliphatic rings. The van der Waals surface area contributed by atoms with Crippen molar-refractivity contribution in [2.75, 3.05) is 26.0 Å².